The fourth-order valence-corrected chi connectivity index (χ4v) is 5.81. The van der Waals surface area contributed by atoms with E-state index in [2.05, 4.69) is 10.3 Å². The van der Waals surface area contributed by atoms with Gasteiger partial charge in [-0.05, 0) is 55.7 Å². The molecule has 0 spiro atoms. The van der Waals surface area contributed by atoms with Gasteiger partial charge >= 0.3 is 0 Å². The second kappa shape index (κ2) is 28.6. The maximum Gasteiger partial charge on any atom is 0.270 e. The fourth-order valence-electron chi connectivity index (χ4n) is 3.37. The SMILES string of the molecule is C/C=C\C.CC.CC.CC.CNc1nc2c(s1)C(=O)N(c1ccccc1Cl)CC2.CSOCCS(=O)c1ccc(CC=O)c(F)c1. The van der Waals surface area contributed by atoms with E-state index in [1.165, 1.54) is 35.5 Å². The molecule has 2 heterocycles. The topological polar surface area (TPSA) is 88.6 Å². The number of para-hydroxylation sites is 1. The van der Waals surface area contributed by atoms with E-state index in [1.807, 2.05) is 85.7 Å². The summed E-state index contributed by atoms with van der Waals surface area (Å²) in [4.78, 5) is 30.0. The first kappa shape index (κ1) is 45.6. The number of carbonyl (C=O) groups excluding carboxylic acids is 2. The molecule has 0 fully saturated rings. The van der Waals surface area contributed by atoms with Crippen LogP contribution in [0.15, 0.2) is 59.5 Å². The normalized spacial score (nSPS) is 11.7. The van der Waals surface area contributed by atoms with Gasteiger partial charge in [-0.1, -0.05) is 94.8 Å². The van der Waals surface area contributed by atoms with Crippen molar-refractivity contribution in [1.29, 1.82) is 0 Å². The van der Waals surface area contributed by atoms with Crippen molar-refractivity contribution in [3.63, 3.8) is 0 Å². The van der Waals surface area contributed by atoms with Gasteiger partial charge < -0.3 is 19.2 Å². The molecular weight excluding hydrogens is 665 g/mol. The summed E-state index contributed by atoms with van der Waals surface area (Å²) in [5, 5.41) is 4.35. The third-order valence-electron chi connectivity index (χ3n) is 5.46. The Morgan fingerprint density at radius 1 is 1.11 bits per heavy atom. The van der Waals surface area contributed by atoms with Gasteiger partial charge in [0.05, 0.1) is 39.6 Å². The van der Waals surface area contributed by atoms with Crippen molar-refractivity contribution in [1.82, 2.24) is 4.98 Å². The number of aromatic nitrogens is 1. The molecule has 258 valence electrons. The summed E-state index contributed by atoms with van der Waals surface area (Å²) in [5.74, 6) is -0.185. The molecule has 0 radical (unpaired) electrons. The lowest BCUT2D eigenvalue weighted by molar-refractivity contribution is -0.107. The summed E-state index contributed by atoms with van der Waals surface area (Å²) in [5.41, 5.74) is 1.96. The molecule has 12 heteroatoms. The number of nitrogens with one attached hydrogen (secondary N) is 1. The Labute approximate surface area is 292 Å². The number of fused-ring (bicyclic) bond motifs is 1. The molecule has 2 aromatic carbocycles. The number of rotatable bonds is 9. The van der Waals surface area contributed by atoms with Crippen molar-refractivity contribution < 1.29 is 22.4 Å². The number of carbonyl (C=O) groups is 2. The van der Waals surface area contributed by atoms with Crippen LogP contribution in [-0.2, 0) is 32.6 Å². The van der Waals surface area contributed by atoms with E-state index in [4.69, 9.17) is 15.8 Å². The number of benzene rings is 2. The van der Waals surface area contributed by atoms with Gasteiger partial charge in [-0.25, -0.2) is 9.37 Å². The molecule has 3 aromatic rings. The van der Waals surface area contributed by atoms with Gasteiger partial charge in [0.1, 0.15) is 17.0 Å². The van der Waals surface area contributed by atoms with E-state index >= 15 is 0 Å². The third-order valence-corrected chi connectivity index (χ3v) is 8.60. The lowest BCUT2D eigenvalue weighted by atomic mass is 10.1. The van der Waals surface area contributed by atoms with Crippen LogP contribution in [0, 0.1) is 5.82 Å². The van der Waals surface area contributed by atoms with Crippen LogP contribution in [0.5, 0.6) is 0 Å². The first-order valence-corrected chi connectivity index (χ1v) is 19.0. The molecule has 1 amide bonds. The number of allylic oxidation sites excluding steroid dienone is 2. The quantitative estimate of drug-likeness (QED) is 0.102. The van der Waals surface area contributed by atoms with E-state index in [0.717, 1.165) is 22.9 Å². The lowest BCUT2D eigenvalue weighted by Crippen LogP contribution is -2.37. The maximum absolute atomic E-state index is 13.5. The number of hydrogen-bond acceptors (Lipinski definition) is 8. The van der Waals surface area contributed by atoms with Crippen molar-refractivity contribution in [2.24, 2.45) is 0 Å². The van der Waals surface area contributed by atoms with Crippen molar-refractivity contribution in [3.8, 4) is 0 Å². The predicted molar refractivity (Wildman–Crippen MR) is 200 cm³/mol. The molecule has 46 heavy (non-hydrogen) atoms. The number of thiazole rings is 1. The number of anilines is 2. The average Bonchev–Trinajstić information content (AvgIpc) is 3.54. The summed E-state index contributed by atoms with van der Waals surface area (Å²) in [6.45, 7) is 17.0. The van der Waals surface area contributed by atoms with Gasteiger partial charge in [-0.15, -0.1) is 0 Å². The van der Waals surface area contributed by atoms with Crippen LogP contribution in [0.25, 0.3) is 0 Å². The largest absolute Gasteiger partial charge is 0.365 e. The summed E-state index contributed by atoms with van der Waals surface area (Å²) >= 11 is 8.76. The molecule has 1 atom stereocenters. The number of amides is 1. The highest BCUT2D eigenvalue weighted by atomic mass is 35.5. The Bertz CT molecular complexity index is 1320. The van der Waals surface area contributed by atoms with Gasteiger partial charge in [0, 0.05) is 37.6 Å². The molecule has 0 saturated carbocycles. The van der Waals surface area contributed by atoms with Crippen LogP contribution in [0.1, 0.15) is 76.3 Å². The standard InChI is InChI=1S/C13H12ClN3OS.C11H13FO3S2.C4H8.3C2H6/c1-15-13-16-9-6-7-17(12(18)11(9)19-13)10-5-3-2-4-8(10)14;1-16-15-6-7-17(14)10-3-2-9(4-5-13)11(12)8-10;1-3-4-2;3*1-2/h2-5H,6-7H2,1H3,(H,15,16);2-3,5,8H,4,6-7H2,1H3;3-4H,1-2H3;3*1-2H3/b;;4-3-;;;. The Morgan fingerprint density at radius 2 is 1.74 bits per heavy atom. The number of aldehydes is 1. The number of halogens is 2. The van der Waals surface area contributed by atoms with Crippen LogP contribution in [0.2, 0.25) is 5.02 Å². The van der Waals surface area contributed by atoms with Crippen molar-refractivity contribution in [2.45, 2.75) is 73.1 Å². The Balaban J connectivity index is 0. The van der Waals surface area contributed by atoms with E-state index < -0.39 is 16.6 Å². The Kier molecular flexibility index (Phi) is 28.4. The van der Waals surface area contributed by atoms with Gasteiger partial charge in [0.2, 0.25) is 0 Å². The highest BCUT2D eigenvalue weighted by molar-refractivity contribution is 7.94. The molecule has 0 bridgehead atoms. The minimum absolute atomic E-state index is 0.0200. The predicted octanol–water partition coefficient (Wildman–Crippen LogP) is 9.67. The number of nitrogens with zero attached hydrogens (tertiary/aromatic N) is 2. The van der Waals surface area contributed by atoms with E-state index in [9.17, 15) is 18.2 Å². The van der Waals surface area contributed by atoms with Crippen molar-refractivity contribution in [3.05, 3.63) is 81.6 Å². The van der Waals surface area contributed by atoms with Crippen LogP contribution in [0.4, 0.5) is 15.2 Å². The highest BCUT2D eigenvalue weighted by Crippen LogP contribution is 2.33. The maximum atomic E-state index is 13.5. The fraction of sp³-hybridized carbons (Fsp3) is 0.441. The highest BCUT2D eigenvalue weighted by Gasteiger charge is 2.30. The number of hydrogen-bond donors (Lipinski definition) is 1. The van der Waals surface area contributed by atoms with Gasteiger partial charge in [-0.3, -0.25) is 9.00 Å². The van der Waals surface area contributed by atoms with Crippen LogP contribution in [-0.4, -0.2) is 53.6 Å². The molecular formula is C34H51ClFN3O4S3. The molecule has 1 unspecified atom stereocenters. The molecule has 1 aliphatic rings. The zero-order valence-electron chi connectivity index (χ0n) is 28.8. The average molecular weight is 716 g/mol. The molecule has 1 N–H and O–H groups in total. The molecule has 4 rings (SSSR count). The summed E-state index contributed by atoms with van der Waals surface area (Å²) in [6.07, 6.45) is 7.21. The van der Waals surface area contributed by atoms with E-state index in [1.54, 1.807) is 30.3 Å². The first-order chi connectivity index (χ1) is 22.3. The van der Waals surface area contributed by atoms with E-state index in [-0.39, 0.29) is 12.3 Å². The van der Waals surface area contributed by atoms with Gasteiger partial charge in [0.15, 0.2) is 5.13 Å². The molecule has 0 saturated heterocycles. The zero-order chi connectivity index (χ0) is 35.5. The van der Waals surface area contributed by atoms with E-state index in [0.29, 0.717) is 45.5 Å². The zero-order valence-corrected chi connectivity index (χ0v) is 32.0. The Morgan fingerprint density at radius 3 is 2.26 bits per heavy atom. The van der Waals surface area contributed by atoms with Gasteiger partial charge in [0.25, 0.3) is 5.91 Å². The molecule has 7 nitrogen and oxygen atoms in total. The summed E-state index contributed by atoms with van der Waals surface area (Å²) in [6, 6.07) is 11.7. The van der Waals surface area contributed by atoms with Crippen LogP contribution >= 0.6 is 35.0 Å². The minimum Gasteiger partial charge on any atom is -0.365 e. The smallest absolute Gasteiger partial charge is 0.270 e. The summed E-state index contributed by atoms with van der Waals surface area (Å²) in [7, 11) is 0.532. The minimum atomic E-state index is -1.27. The monoisotopic (exact) mass is 715 g/mol. The lowest BCUT2D eigenvalue weighted by Gasteiger charge is -2.26. The summed E-state index contributed by atoms with van der Waals surface area (Å²) < 4.78 is 30.2. The first-order valence-electron chi connectivity index (χ1n) is 15.4. The van der Waals surface area contributed by atoms with Crippen LogP contribution < -0.4 is 10.2 Å². The van der Waals surface area contributed by atoms with Crippen molar-refractivity contribution >= 4 is 68.8 Å². The third kappa shape index (κ3) is 15.8. The van der Waals surface area contributed by atoms with Crippen LogP contribution in [0.3, 0.4) is 0 Å². The van der Waals surface area contributed by atoms with Crippen molar-refractivity contribution in [2.75, 3.05) is 42.4 Å². The second-order valence-corrected chi connectivity index (χ2v) is 11.6. The second-order valence-electron chi connectivity index (χ2n) is 8.03. The molecule has 0 aliphatic carbocycles. The Hall–Kier alpha value is -2.57. The molecule has 1 aliphatic heterocycles. The van der Waals surface area contributed by atoms with Gasteiger partial charge in [-0.2, -0.15) is 0 Å². The molecule has 1 aromatic heterocycles.